The van der Waals surface area contributed by atoms with Crippen LogP contribution < -0.4 is 0 Å². The fraction of sp³-hybridized carbons (Fsp3) is 0.760. The monoisotopic (exact) mass is 463 g/mol. The minimum absolute atomic E-state index is 0.400. The maximum Gasteiger partial charge on any atom is 0.175 e. The number of rotatable bonds is 9. The van der Waals surface area contributed by atoms with E-state index in [2.05, 4.69) is 14.7 Å². The van der Waals surface area contributed by atoms with Gasteiger partial charge < -0.3 is 9.64 Å². The zero-order valence-electron chi connectivity index (χ0n) is 19.8. The highest BCUT2D eigenvalue weighted by molar-refractivity contribution is 7.90. The third kappa shape index (κ3) is 7.00. The van der Waals surface area contributed by atoms with Crippen LogP contribution in [0.3, 0.4) is 0 Å². The number of piperidine rings is 2. The number of benzene rings is 1. The highest BCUT2D eigenvalue weighted by Gasteiger charge is 2.33. The van der Waals surface area contributed by atoms with E-state index < -0.39 is 9.84 Å². The molecule has 1 aromatic rings. The number of likely N-dealkylation sites (tertiary alicyclic amines) is 1. The number of nitrogens with zero attached hydrogens (tertiary/aromatic N) is 3. The molecule has 0 spiro atoms. The molecule has 4 rings (SSSR count). The fourth-order valence-corrected chi connectivity index (χ4v) is 6.18. The molecule has 0 amide bonds. The molecular formula is C25H41N3O3S. The second-order valence-electron chi connectivity index (χ2n) is 10.1. The van der Waals surface area contributed by atoms with Gasteiger partial charge in [0, 0.05) is 58.2 Å². The summed E-state index contributed by atoms with van der Waals surface area (Å²) < 4.78 is 29.5. The first kappa shape index (κ1) is 24.1. The van der Waals surface area contributed by atoms with Gasteiger partial charge in [0.15, 0.2) is 9.84 Å². The van der Waals surface area contributed by atoms with Crippen LogP contribution in [-0.2, 0) is 21.1 Å². The van der Waals surface area contributed by atoms with Crippen molar-refractivity contribution < 1.29 is 13.2 Å². The van der Waals surface area contributed by atoms with Crippen molar-refractivity contribution in [2.24, 2.45) is 5.92 Å². The number of ether oxygens (including phenoxy) is 1. The van der Waals surface area contributed by atoms with Gasteiger partial charge in [-0.1, -0.05) is 18.6 Å². The highest BCUT2D eigenvalue weighted by Crippen LogP contribution is 2.27. The van der Waals surface area contributed by atoms with Crippen molar-refractivity contribution in [2.75, 3.05) is 65.3 Å². The molecule has 3 aliphatic heterocycles. The standard InChI is InChI=1S/C25H41N3O3S/c1-32(29,30)25-8-6-22(7-9-25)19-27-15-16-28-14-10-23(18-24(28)20-27)21-31-17-5-13-26-11-3-2-4-12-26/h6-9,23-24H,2-5,10-21H2,1H3/t23-,24+/m1/s1. The highest BCUT2D eigenvalue weighted by atomic mass is 32.2. The number of piperazine rings is 1. The van der Waals surface area contributed by atoms with Crippen LogP contribution in [0.1, 0.15) is 44.1 Å². The Hall–Kier alpha value is -0.990. The van der Waals surface area contributed by atoms with Gasteiger partial charge in [-0.15, -0.1) is 0 Å². The van der Waals surface area contributed by atoms with Crippen LogP contribution in [0.2, 0.25) is 0 Å². The average Bonchev–Trinajstić information content (AvgIpc) is 2.79. The second-order valence-corrected chi connectivity index (χ2v) is 12.1. The Morgan fingerprint density at radius 2 is 1.75 bits per heavy atom. The molecule has 6 nitrogen and oxygen atoms in total. The van der Waals surface area contributed by atoms with Gasteiger partial charge in [-0.05, 0) is 75.4 Å². The largest absolute Gasteiger partial charge is 0.381 e. The van der Waals surface area contributed by atoms with Crippen molar-refractivity contribution in [3.05, 3.63) is 29.8 Å². The van der Waals surface area contributed by atoms with E-state index in [-0.39, 0.29) is 0 Å². The molecule has 0 aromatic heterocycles. The van der Waals surface area contributed by atoms with Gasteiger partial charge in [0.25, 0.3) is 0 Å². The van der Waals surface area contributed by atoms with Crippen molar-refractivity contribution in [3.63, 3.8) is 0 Å². The van der Waals surface area contributed by atoms with Gasteiger partial charge in [0.2, 0.25) is 0 Å². The molecule has 0 saturated carbocycles. The molecule has 3 fully saturated rings. The second kappa shape index (κ2) is 11.4. The third-order valence-corrected chi connectivity index (χ3v) is 8.57. The molecule has 7 heteroatoms. The van der Waals surface area contributed by atoms with Gasteiger partial charge >= 0.3 is 0 Å². The molecule has 3 aliphatic rings. The maximum atomic E-state index is 11.7. The van der Waals surface area contributed by atoms with Crippen LogP contribution in [0.15, 0.2) is 29.2 Å². The molecule has 0 aliphatic carbocycles. The Bertz CT molecular complexity index is 808. The Morgan fingerprint density at radius 3 is 2.50 bits per heavy atom. The van der Waals surface area contributed by atoms with Crippen molar-refractivity contribution >= 4 is 9.84 Å². The Balaban J connectivity index is 1.17. The zero-order chi connectivity index (χ0) is 22.4. The van der Waals surface area contributed by atoms with E-state index in [0.717, 1.165) is 45.8 Å². The van der Waals surface area contributed by atoms with E-state index in [1.165, 1.54) is 70.1 Å². The lowest BCUT2D eigenvalue weighted by Gasteiger charge is -2.46. The molecular weight excluding hydrogens is 422 g/mol. The van der Waals surface area contributed by atoms with Gasteiger partial charge in [0.1, 0.15) is 0 Å². The van der Waals surface area contributed by atoms with E-state index in [1.54, 1.807) is 12.1 Å². The minimum atomic E-state index is -3.13. The van der Waals surface area contributed by atoms with Crippen molar-refractivity contribution in [2.45, 2.75) is 56.0 Å². The van der Waals surface area contributed by atoms with Gasteiger partial charge in [0.05, 0.1) is 4.90 Å². The molecule has 1 aromatic carbocycles. The van der Waals surface area contributed by atoms with Crippen molar-refractivity contribution in [1.82, 2.24) is 14.7 Å². The quantitative estimate of drug-likeness (QED) is 0.525. The molecule has 0 radical (unpaired) electrons. The summed E-state index contributed by atoms with van der Waals surface area (Å²) in [5.74, 6) is 0.681. The summed E-state index contributed by atoms with van der Waals surface area (Å²) in [5.41, 5.74) is 1.19. The van der Waals surface area contributed by atoms with E-state index in [1.807, 2.05) is 12.1 Å². The van der Waals surface area contributed by atoms with Crippen LogP contribution in [0.5, 0.6) is 0 Å². The number of sulfone groups is 1. The minimum Gasteiger partial charge on any atom is -0.381 e. The topological polar surface area (TPSA) is 53.1 Å². The molecule has 3 heterocycles. The predicted octanol–water partition coefficient (Wildman–Crippen LogP) is 2.88. The predicted molar refractivity (Wildman–Crippen MR) is 129 cm³/mol. The van der Waals surface area contributed by atoms with Crippen LogP contribution in [0, 0.1) is 5.92 Å². The molecule has 180 valence electrons. The molecule has 0 N–H and O–H groups in total. The number of hydrogen-bond donors (Lipinski definition) is 0. The van der Waals surface area contributed by atoms with E-state index in [4.69, 9.17) is 4.74 Å². The number of fused-ring (bicyclic) bond motifs is 1. The van der Waals surface area contributed by atoms with Crippen LogP contribution in [-0.4, -0.2) is 94.4 Å². The first-order valence-corrected chi connectivity index (χ1v) is 14.4. The molecule has 32 heavy (non-hydrogen) atoms. The molecule has 0 bridgehead atoms. The van der Waals surface area contributed by atoms with Crippen LogP contribution >= 0.6 is 0 Å². The third-order valence-electron chi connectivity index (χ3n) is 7.44. The molecule has 3 saturated heterocycles. The van der Waals surface area contributed by atoms with Gasteiger partial charge in [-0.2, -0.15) is 0 Å². The maximum absolute atomic E-state index is 11.7. The lowest BCUT2D eigenvalue weighted by molar-refractivity contribution is -0.000118. The summed E-state index contributed by atoms with van der Waals surface area (Å²) in [6.45, 7) is 11.0. The Morgan fingerprint density at radius 1 is 0.969 bits per heavy atom. The summed E-state index contributed by atoms with van der Waals surface area (Å²) >= 11 is 0. The Labute approximate surface area is 194 Å². The van der Waals surface area contributed by atoms with Crippen LogP contribution in [0.4, 0.5) is 0 Å². The normalized spacial score (nSPS) is 26.2. The summed E-state index contributed by atoms with van der Waals surface area (Å²) in [6.07, 6.45) is 9.05. The van der Waals surface area contributed by atoms with Crippen molar-refractivity contribution in [3.8, 4) is 0 Å². The fourth-order valence-electron chi connectivity index (χ4n) is 5.54. The smallest absolute Gasteiger partial charge is 0.175 e. The lowest BCUT2D eigenvalue weighted by Crippen LogP contribution is -2.56. The zero-order valence-corrected chi connectivity index (χ0v) is 20.6. The lowest BCUT2D eigenvalue weighted by atomic mass is 9.90. The van der Waals surface area contributed by atoms with Gasteiger partial charge in [-0.3, -0.25) is 9.80 Å². The molecule has 0 unspecified atom stereocenters. The van der Waals surface area contributed by atoms with E-state index >= 15 is 0 Å². The SMILES string of the molecule is CS(=O)(=O)c1ccc(CN2CCN3CC[C@@H](COCCCN4CCCCC4)C[C@H]3C2)cc1. The van der Waals surface area contributed by atoms with E-state index in [0.29, 0.717) is 16.9 Å². The van der Waals surface area contributed by atoms with E-state index in [9.17, 15) is 8.42 Å². The first-order valence-electron chi connectivity index (χ1n) is 12.5. The summed E-state index contributed by atoms with van der Waals surface area (Å²) in [4.78, 5) is 8.18. The first-order chi connectivity index (χ1) is 15.5. The number of hydrogen-bond acceptors (Lipinski definition) is 6. The summed E-state index contributed by atoms with van der Waals surface area (Å²) in [5, 5.41) is 0. The summed E-state index contributed by atoms with van der Waals surface area (Å²) in [6, 6.07) is 8.02. The average molecular weight is 464 g/mol. The summed E-state index contributed by atoms with van der Waals surface area (Å²) in [7, 11) is -3.13. The van der Waals surface area contributed by atoms with Gasteiger partial charge in [-0.25, -0.2) is 8.42 Å². The van der Waals surface area contributed by atoms with Crippen LogP contribution in [0.25, 0.3) is 0 Å². The molecule has 2 atom stereocenters. The Kier molecular flexibility index (Phi) is 8.62. The van der Waals surface area contributed by atoms with Crippen molar-refractivity contribution in [1.29, 1.82) is 0 Å².